The molecule has 1 unspecified atom stereocenters. The molecule has 0 heterocycles. The predicted octanol–water partition coefficient (Wildman–Crippen LogP) is 4.02. The first kappa shape index (κ1) is 18.6. The van der Waals surface area contributed by atoms with Gasteiger partial charge in [-0.05, 0) is 30.0 Å². The fourth-order valence-electron chi connectivity index (χ4n) is 2.31. The molecule has 122 valence electrons. The van der Waals surface area contributed by atoms with Crippen LogP contribution in [0.1, 0.15) is 39.2 Å². The summed E-state index contributed by atoms with van der Waals surface area (Å²) in [6, 6.07) is 7.61. The van der Waals surface area contributed by atoms with Crippen molar-refractivity contribution in [3.05, 3.63) is 29.8 Å². The monoisotopic (exact) mass is 323 g/mol. The van der Waals surface area contributed by atoms with Gasteiger partial charge in [-0.2, -0.15) is 0 Å². The minimum absolute atomic E-state index is 0.0232. The Labute approximate surface area is 136 Å². The summed E-state index contributed by atoms with van der Waals surface area (Å²) in [5.74, 6) is 0.298. The van der Waals surface area contributed by atoms with Gasteiger partial charge in [-0.25, -0.2) is 0 Å². The van der Waals surface area contributed by atoms with Crippen molar-refractivity contribution in [2.24, 2.45) is 11.8 Å². The number of carbonyl (C=O) groups excluding carboxylic acids is 1. The summed E-state index contributed by atoms with van der Waals surface area (Å²) >= 11 is 1.35. The summed E-state index contributed by atoms with van der Waals surface area (Å²) in [6.07, 6.45) is 1.87. The van der Waals surface area contributed by atoms with Gasteiger partial charge in [0.15, 0.2) is 0 Å². The van der Waals surface area contributed by atoms with Crippen LogP contribution in [0.2, 0.25) is 0 Å². The largest absolute Gasteiger partial charge is 0.481 e. The second-order valence-corrected chi connectivity index (χ2v) is 6.70. The zero-order valence-corrected chi connectivity index (χ0v) is 14.3. The highest BCUT2D eigenvalue weighted by Gasteiger charge is 2.21. The van der Waals surface area contributed by atoms with E-state index in [1.54, 1.807) is 0 Å². The molecule has 0 aromatic heterocycles. The van der Waals surface area contributed by atoms with Gasteiger partial charge in [0.25, 0.3) is 0 Å². The second kappa shape index (κ2) is 9.51. The molecule has 0 aliphatic rings. The van der Waals surface area contributed by atoms with Crippen molar-refractivity contribution >= 4 is 29.3 Å². The van der Waals surface area contributed by atoms with Crippen LogP contribution in [0.4, 0.5) is 5.69 Å². The highest BCUT2D eigenvalue weighted by atomic mass is 32.2. The fourth-order valence-corrected chi connectivity index (χ4v) is 3.00. The van der Waals surface area contributed by atoms with Crippen molar-refractivity contribution in [1.29, 1.82) is 0 Å². The third-order valence-corrected chi connectivity index (χ3v) is 4.42. The SMILES string of the molecule is CCCC(C(=O)Nc1cccc(CSCC(=O)O)c1)C(C)C. The first-order valence-electron chi connectivity index (χ1n) is 7.63. The molecule has 22 heavy (non-hydrogen) atoms. The number of aliphatic carboxylic acids is 1. The molecular weight excluding hydrogens is 298 g/mol. The van der Waals surface area contributed by atoms with Crippen LogP contribution in [0, 0.1) is 11.8 Å². The van der Waals surface area contributed by atoms with E-state index in [2.05, 4.69) is 26.1 Å². The number of thioether (sulfide) groups is 1. The molecule has 0 saturated carbocycles. The number of benzene rings is 1. The molecule has 1 amide bonds. The van der Waals surface area contributed by atoms with Crippen molar-refractivity contribution in [2.45, 2.75) is 39.4 Å². The van der Waals surface area contributed by atoms with E-state index < -0.39 is 5.97 Å². The minimum atomic E-state index is -0.811. The van der Waals surface area contributed by atoms with E-state index in [9.17, 15) is 9.59 Å². The summed E-state index contributed by atoms with van der Waals surface area (Å²) in [6.45, 7) is 6.22. The van der Waals surface area contributed by atoms with Crippen LogP contribution in [0.15, 0.2) is 24.3 Å². The third kappa shape index (κ3) is 6.52. The molecule has 1 aromatic rings. The van der Waals surface area contributed by atoms with Crippen molar-refractivity contribution in [3.8, 4) is 0 Å². The Morgan fingerprint density at radius 2 is 2.05 bits per heavy atom. The standard InChI is InChI=1S/C17H25NO3S/c1-4-6-15(12(2)3)17(21)18-14-8-5-7-13(9-14)10-22-11-16(19)20/h5,7-9,12,15H,4,6,10-11H2,1-3H3,(H,18,21)(H,19,20). The van der Waals surface area contributed by atoms with E-state index in [-0.39, 0.29) is 17.6 Å². The average molecular weight is 323 g/mol. The van der Waals surface area contributed by atoms with E-state index in [1.165, 1.54) is 11.8 Å². The van der Waals surface area contributed by atoms with Crippen LogP contribution in [-0.4, -0.2) is 22.7 Å². The first-order chi connectivity index (χ1) is 10.4. The first-order valence-corrected chi connectivity index (χ1v) is 8.78. The Kier molecular flexibility index (Phi) is 8.02. The maximum absolute atomic E-state index is 12.4. The molecule has 0 spiro atoms. The molecular formula is C17H25NO3S. The van der Waals surface area contributed by atoms with E-state index >= 15 is 0 Å². The van der Waals surface area contributed by atoms with E-state index in [4.69, 9.17) is 5.11 Å². The minimum Gasteiger partial charge on any atom is -0.481 e. The van der Waals surface area contributed by atoms with Crippen LogP contribution in [-0.2, 0) is 15.3 Å². The van der Waals surface area contributed by atoms with Crippen molar-refractivity contribution in [3.63, 3.8) is 0 Å². The van der Waals surface area contributed by atoms with Gasteiger partial charge in [-0.3, -0.25) is 9.59 Å². The third-order valence-electron chi connectivity index (χ3n) is 3.43. The molecule has 1 rings (SSSR count). The Morgan fingerprint density at radius 3 is 2.64 bits per heavy atom. The number of hydrogen-bond donors (Lipinski definition) is 2. The smallest absolute Gasteiger partial charge is 0.313 e. The van der Waals surface area contributed by atoms with Gasteiger partial charge in [0, 0.05) is 17.4 Å². The van der Waals surface area contributed by atoms with Gasteiger partial charge < -0.3 is 10.4 Å². The summed E-state index contributed by atoms with van der Waals surface area (Å²) in [5.41, 5.74) is 1.79. The zero-order valence-electron chi connectivity index (χ0n) is 13.5. The Morgan fingerprint density at radius 1 is 1.32 bits per heavy atom. The van der Waals surface area contributed by atoms with Gasteiger partial charge >= 0.3 is 5.97 Å². The molecule has 0 saturated heterocycles. The molecule has 0 fully saturated rings. The van der Waals surface area contributed by atoms with Gasteiger partial charge in [-0.1, -0.05) is 39.3 Å². The van der Waals surface area contributed by atoms with Crippen LogP contribution >= 0.6 is 11.8 Å². The number of anilines is 1. The molecule has 0 radical (unpaired) electrons. The number of hydrogen-bond acceptors (Lipinski definition) is 3. The van der Waals surface area contributed by atoms with Gasteiger partial charge in [-0.15, -0.1) is 11.8 Å². The molecule has 1 atom stereocenters. The molecule has 2 N–H and O–H groups in total. The Hall–Kier alpha value is -1.49. The van der Waals surface area contributed by atoms with E-state index in [1.807, 2.05) is 24.3 Å². The molecule has 0 aliphatic heterocycles. The van der Waals surface area contributed by atoms with Crippen LogP contribution < -0.4 is 5.32 Å². The van der Waals surface area contributed by atoms with Crippen LogP contribution in [0.3, 0.4) is 0 Å². The predicted molar refractivity (Wildman–Crippen MR) is 92.1 cm³/mol. The summed E-state index contributed by atoms with van der Waals surface area (Å²) in [4.78, 5) is 22.9. The van der Waals surface area contributed by atoms with Crippen LogP contribution in [0.5, 0.6) is 0 Å². The normalized spacial score (nSPS) is 12.2. The maximum atomic E-state index is 12.4. The number of rotatable bonds is 9. The maximum Gasteiger partial charge on any atom is 0.313 e. The van der Waals surface area contributed by atoms with Crippen LogP contribution in [0.25, 0.3) is 0 Å². The van der Waals surface area contributed by atoms with Gasteiger partial charge in [0.2, 0.25) is 5.91 Å². The highest BCUT2D eigenvalue weighted by molar-refractivity contribution is 7.99. The molecule has 1 aromatic carbocycles. The lowest BCUT2D eigenvalue weighted by molar-refractivity contribution is -0.134. The highest BCUT2D eigenvalue weighted by Crippen LogP contribution is 2.21. The lowest BCUT2D eigenvalue weighted by Crippen LogP contribution is -2.26. The topological polar surface area (TPSA) is 66.4 Å². The molecule has 4 nitrogen and oxygen atoms in total. The number of amides is 1. The van der Waals surface area contributed by atoms with Gasteiger partial charge in [0.1, 0.15) is 0 Å². The van der Waals surface area contributed by atoms with Crippen molar-refractivity contribution in [1.82, 2.24) is 0 Å². The summed E-state index contributed by atoms with van der Waals surface area (Å²) in [7, 11) is 0. The lowest BCUT2D eigenvalue weighted by Gasteiger charge is -2.19. The number of carboxylic acids is 1. The molecule has 0 aliphatic carbocycles. The molecule has 5 heteroatoms. The van der Waals surface area contributed by atoms with Gasteiger partial charge in [0.05, 0.1) is 5.75 Å². The number of nitrogens with one attached hydrogen (secondary N) is 1. The van der Waals surface area contributed by atoms with Crippen molar-refractivity contribution < 1.29 is 14.7 Å². The number of carbonyl (C=O) groups is 2. The quantitative estimate of drug-likeness (QED) is 0.720. The van der Waals surface area contributed by atoms with Crippen molar-refractivity contribution in [2.75, 3.05) is 11.1 Å². The fraction of sp³-hybridized carbons (Fsp3) is 0.529. The second-order valence-electron chi connectivity index (χ2n) is 5.72. The van der Waals surface area contributed by atoms with E-state index in [0.717, 1.165) is 24.1 Å². The summed E-state index contributed by atoms with van der Waals surface area (Å²) < 4.78 is 0. The summed E-state index contributed by atoms with van der Waals surface area (Å²) in [5, 5.41) is 11.6. The zero-order chi connectivity index (χ0) is 16.5. The Balaban J connectivity index is 2.64. The Bertz CT molecular complexity index is 502. The number of carboxylic acid groups (broad SMARTS) is 1. The van der Waals surface area contributed by atoms with E-state index in [0.29, 0.717) is 11.7 Å². The average Bonchev–Trinajstić information content (AvgIpc) is 2.44. The molecule has 0 bridgehead atoms. The lowest BCUT2D eigenvalue weighted by atomic mass is 9.90.